The number of pyridine rings is 1. The van der Waals surface area contributed by atoms with E-state index in [0.29, 0.717) is 30.7 Å². The van der Waals surface area contributed by atoms with Crippen molar-refractivity contribution in [3.8, 4) is 0 Å². The summed E-state index contributed by atoms with van der Waals surface area (Å²) in [4.78, 5) is 15.1. The van der Waals surface area contributed by atoms with Crippen molar-refractivity contribution in [2.24, 2.45) is 0 Å². The van der Waals surface area contributed by atoms with Crippen molar-refractivity contribution in [3.63, 3.8) is 0 Å². The van der Waals surface area contributed by atoms with Gasteiger partial charge in [-0.1, -0.05) is 0 Å². The van der Waals surface area contributed by atoms with Crippen molar-refractivity contribution in [3.05, 3.63) is 40.6 Å². The maximum atomic E-state index is 11.2. The number of methoxy groups -OCH3 is 1. The molecule has 1 saturated heterocycles. The molecule has 1 fully saturated rings. The Bertz CT molecular complexity index is 714. The number of benzene rings is 1. The molecule has 2 aromatic rings. The third kappa shape index (κ3) is 3.11. The number of nitro benzene ring substituents is 1. The number of nitro groups is 1. The molecule has 1 aromatic heterocycles. The summed E-state index contributed by atoms with van der Waals surface area (Å²) in [6, 6.07) is 6.63. The van der Waals surface area contributed by atoms with Crippen molar-refractivity contribution in [2.75, 3.05) is 32.2 Å². The Morgan fingerprint density at radius 1 is 1.39 bits per heavy atom. The zero-order chi connectivity index (χ0) is 16.3. The molecule has 0 bridgehead atoms. The first kappa shape index (κ1) is 15.6. The minimum Gasteiger partial charge on any atom is -0.381 e. The Morgan fingerprint density at radius 3 is 2.87 bits per heavy atom. The van der Waals surface area contributed by atoms with Crippen LogP contribution in [0.4, 0.5) is 11.4 Å². The van der Waals surface area contributed by atoms with E-state index in [1.807, 2.05) is 0 Å². The molecule has 0 saturated carbocycles. The highest BCUT2D eigenvalue weighted by Gasteiger charge is 2.32. The summed E-state index contributed by atoms with van der Waals surface area (Å²) in [6.07, 6.45) is 3.27. The quantitative estimate of drug-likeness (QED) is 0.674. The lowest BCUT2D eigenvalue weighted by atomic mass is 9.94. The average Bonchev–Trinajstić information content (AvgIpc) is 2.60. The molecule has 0 atom stereocenters. The van der Waals surface area contributed by atoms with Gasteiger partial charge in [-0.2, -0.15) is 0 Å². The molecule has 0 unspecified atom stereocenters. The normalized spacial score (nSPS) is 17.1. The van der Waals surface area contributed by atoms with Gasteiger partial charge in [0, 0.05) is 52.0 Å². The van der Waals surface area contributed by atoms with Crippen LogP contribution >= 0.6 is 0 Å². The molecule has 0 amide bonds. The van der Waals surface area contributed by atoms with E-state index >= 15 is 0 Å². The standard InChI is InChI=1S/C16H19N3O4/c1-22-16(6-9-23-10-7-16)11-18-13-4-5-14(19(20)21)12-3-2-8-17-15(12)13/h2-5,8,18H,6-7,9-11H2,1H3. The highest BCUT2D eigenvalue weighted by atomic mass is 16.6. The third-order valence-electron chi connectivity index (χ3n) is 4.38. The number of anilines is 1. The lowest BCUT2D eigenvalue weighted by Crippen LogP contribution is -2.44. The van der Waals surface area contributed by atoms with Gasteiger partial charge < -0.3 is 14.8 Å². The van der Waals surface area contributed by atoms with Crippen LogP contribution in [0, 0.1) is 10.1 Å². The number of rotatable bonds is 5. The van der Waals surface area contributed by atoms with Crippen LogP contribution in [-0.4, -0.2) is 42.4 Å². The Morgan fingerprint density at radius 2 is 2.17 bits per heavy atom. The van der Waals surface area contributed by atoms with Gasteiger partial charge in [0.05, 0.1) is 21.6 Å². The SMILES string of the molecule is COC1(CNc2ccc([N+](=O)[O-])c3cccnc23)CCOCC1. The number of ether oxygens (including phenoxy) is 2. The first-order valence-corrected chi connectivity index (χ1v) is 7.54. The molecule has 1 aromatic carbocycles. The average molecular weight is 317 g/mol. The zero-order valence-corrected chi connectivity index (χ0v) is 12.9. The van der Waals surface area contributed by atoms with Crippen LogP contribution in [0.5, 0.6) is 0 Å². The fraction of sp³-hybridized carbons (Fsp3) is 0.438. The second-order valence-corrected chi connectivity index (χ2v) is 5.64. The number of fused-ring (bicyclic) bond motifs is 1. The third-order valence-corrected chi connectivity index (χ3v) is 4.38. The summed E-state index contributed by atoms with van der Waals surface area (Å²) in [5, 5.41) is 15.0. The molecule has 0 aliphatic carbocycles. The second-order valence-electron chi connectivity index (χ2n) is 5.64. The molecule has 7 nitrogen and oxygen atoms in total. The van der Waals surface area contributed by atoms with E-state index in [9.17, 15) is 10.1 Å². The summed E-state index contributed by atoms with van der Waals surface area (Å²) in [5.41, 5.74) is 1.15. The number of non-ortho nitro benzene ring substituents is 1. The molecular weight excluding hydrogens is 298 g/mol. The van der Waals surface area contributed by atoms with Gasteiger partial charge in [0.1, 0.15) is 5.52 Å². The van der Waals surface area contributed by atoms with Crippen LogP contribution in [0.3, 0.4) is 0 Å². The molecule has 122 valence electrons. The molecule has 0 spiro atoms. The maximum absolute atomic E-state index is 11.2. The summed E-state index contributed by atoms with van der Waals surface area (Å²) in [5.74, 6) is 0. The van der Waals surface area contributed by atoms with Crippen LogP contribution in [0.25, 0.3) is 10.9 Å². The first-order valence-electron chi connectivity index (χ1n) is 7.54. The van der Waals surface area contributed by atoms with Gasteiger partial charge in [0.25, 0.3) is 5.69 Å². The van der Waals surface area contributed by atoms with Gasteiger partial charge in [-0.25, -0.2) is 0 Å². The topological polar surface area (TPSA) is 86.5 Å². The summed E-state index contributed by atoms with van der Waals surface area (Å²) < 4.78 is 11.1. The molecule has 1 aliphatic heterocycles. The van der Waals surface area contributed by atoms with Gasteiger partial charge in [-0.15, -0.1) is 0 Å². The minimum absolute atomic E-state index is 0.0613. The van der Waals surface area contributed by atoms with Crippen molar-refractivity contribution in [1.29, 1.82) is 0 Å². The fourth-order valence-electron chi connectivity index (χ4n) is 2.91. The molecule has 2 heterocycles. The van der Waals surface area contributed by atoms with E-state index in [4.69, 9.17) is 9.47 Å². The minimum atomic E-state index is -0.386. The van der Waals surface area contributed by atoms with Crippen molar-refractivity contribution >= 4 is 22.3 Å². The van der Waals surface area contributed by atoms with E-state index in [1.165, 1.54) is 6.07 Å². The van der Waals surface area contributed by atoms with Crippen molar-refractivity contribution in [1.82, 2.24) is 4.98 Å². The predicted octanol–water partition coefficient (Wildman–Crippen LogP) is 2.75. The molecule has 3 rings (SSSR count). The molecule has 0 radical (unpaired) electrons. The van der Waals surface area contributed by atoms with Crippen molar-refractivity contribution < 1.29 is 14.4 Å². The van der Waals surface area contributed by atoms with Crippen LogP contribution in [-0.2, 0) is 9.47 Å². The monoisotopic (exact) mass is 317 g/mol. The Hall–Kier alpha value is -2.25. The van der Waals surface area contributed by atoms with E-state index < -0.39 is 0 Å². The van der Waals surface area contributed by atoms with E-state index in [1.54, 1.807) is 31.5 Å². The van der Waals surface area contributed by atoms with Crippen LogP contribution in [0.1, 0.15) is 12.8 Å². The summed E-state index contributed by atoms with van der Waals surface area (Å²) in [7, 11) is 1.71. The summed E-state index contributed by atoms with van der Waals surface area (Å²) >= 11 is 0. The van der Waals surface area contributed by atoms with Crippen LogP contribution < -0.4 is 5.32 Å². The predicted molar refractivity (Wildman–Crippen MR) is 86.7 cm³/mol. The Kier molecular flexibility index (Phi) is 4.40. The number of hydrogen-bond donors (Lipinski definition) is 1. The van der Waals surface area contributed by atoms with E-state index in [0.717, 1.165) is 18.5 Å². The Labute approximate surface area is 133 Å². The molecule has 7 heteroatoms. The van der Waals surface area contributed by atoms with Gasteiger partial charge in [-0.3, -0.25) is 15.1 Å². The smallest absolute Gasteiger partial charge is 0.278 e. The lowest BCUT2D eigenvalue weighted by Gasteiger charge is -2.36. The molecule has 23 heavy (non-hydrogen) atoms. The largest absolute Gasteiger partial charge is 0.381 e. The van der Waals surface area contributed by atoms with Gasteiger partial charge in [0.2, 0.25) is 0 Å². The lowest BCUT2D eigenvalue weighted by molar-refractivity contribution is -0.383. The second kappa shape index (κ2) is 6.47. The van der Waals surface area contributed by atoms with Crippen molar-refractivity contribution in [2.45, 2.75) is 18.4 Å². The van der Waals surface area contributed by atoms with Gasteiger partial charge in [-0.05, 0) is 18.2 Å². The molecule has 1 N–H and O–H groups in total. The van der Waals surface area contributed by atoms with Gasteiger partial charge >= 0.3 is 0 Å². The van der Waals surface area contributed by atoms with Crippen LogP contribution in [0.15, 0.2) is 30.5 Å². The number of nitrogens with one attached hydrogen (secondary N) is 1. The first-order chi connectivity index (χ1) is 11.2. The highest BCUT2D eigenvalue weighted by molar-refractivity contribution is 5.96. The molecular formula is C16H19N3O4. The highest BCUT2D eigenvalue weighted by Crippen LogP contribution is 2.31. The number of aromatic nitrogens is 1. The van der Waals surface area contributed by atoms with E-state index in [-0.39, 0.29) is 16.2 Å². The van der Waals surface area contributed by atoms with Gasteiger partial charge in [0.15, 0.2) is 0 Å². The van der Waals surface area contributed by atoms with E-state index in [2.05, 4.69) is 10.3 Å². The fourth-order valence-corrected chi connectivity index (χ4v) is 2.91. The maximum Gasteiger partial charge on any atom is 0.278 e. The zero-order valence-electron chi connectivity index (χ0n) is 12.9. The summed E-state index contributed by atoms with van der Waals surface area (Å²) in [6.45, 7) is 1.96. The van der Waals surface area contributed by atoms with Crippen LogP contribution in [0.2, 0.25) is 0 Å². The molecule has 1 aliphatic rings. The number of hydrogen-bond acceptors (Lipinski definition) is 6. The number of nitrogens with zero attached hydrogens (tertiary/aromatic N) is 2. The Balaban J connectivity index is 1.89.